The largest absolute Gasteiger partial charge is 0.493 e. The number of amides is 1. The summed E-state index contributed by atoms with van der Waals surface area (Å²) in [6, 6.07) is 10.7. The second-order valence-electron chi connectivity index (χ2n) is 5.93. The summed E-state index contributed by atoms with van der Waals surface area (Å²) in [5.74, 6) is 2.10. The Morgan fingerprint density at radius 2 is 2.00 bits per heavy atom. The predicted molar refractivity (Wildman–Crippen MR) is 96.8 cm³/mol. The Kier molecular flexibility index (Phi) is 4.45. The van der Waals surface area contributed by atoms with Crippen molar-refractivity contribution in [3.05, 3.63) is 42.0 Å². The lowest BCUT2D eigenvalue weighted by atomic mass is 10.0. The van der Waals surface area contributed by atoms with E-state index in [-0.39, 0.29) is 12.7 Å². The number of carbonyl (C=O) groups excluding carboxylic acids is 1. The van der Waals surface area contributed by atoms with Gasteiger partial charge in [-0.2, -0.15) is 0 Å². The first-order chi connectivity index (χ1) is 13.2. The van der Waals surface area contributed by atoms with E-state index < -0.39 is 6.10 Å². The van der Waals surface area contributed by atoms with Crippen molar-refractivity contribution < 1.29 is 28.6 Å². The maximum atomic E-state index is 12.5. The van der Waals surface area contributed by atoms with Crippen molar-refractivity contribution in [3.8, 4) is 23.0 Å². The maximum absolute atomic E-state index is 12.5. The molecule has 0 aliphatic carbocycles. The summed E-state index contributed by atoms with van der Waals surface area (Å²) in [5.41, 5.74) is 1.95. The average molecular weight is 370 g/mol. The number of oxime groups is 1. The minimum atomic E-state index is -0.735. The minimum Gasteiger partial charge on any atom is -0.493 e. The lowest BCUT2D eigenvalue weighted by Gasteiger charge is -2.12. The van der Waals surface area contributed by atoms with Crippen molar-refractivity contribution in [1.29, 1.82) is 0 Å². The van der Waals surface area contributed by atoms with Crippen LogP contribution in [0.1, 0.15) is 12.0 Å². The summed E-state index contributed by atoms with van der Waals surface area (Å²) < 4.78 is 21.3. The van der Waals surface area contributed by atoms with Crippen molar-refractivity contribution in [3.63, 3.8) is 0 Å². The van der Waals surface area contributed by atoms with Crippen LogP contribution in [0.15, 0.2) is 41.6 Å². The molecule has 1 atom stereocenters. The lowest BCUT2D eigenvalue weighted by Crippen LogP contribution is -2.28. The van der Waals surface area contributed by atoms with E-state index in [4.69, 9.17) is 23.8 Å². The van der Waals surface area contributed by atoms with Crippen LogP contribution >= 0.6 is 0 Å². The van der Waals surface area contributed by atoms with Gasteiger partial charge in [-0.05, 0) is 24.3 Å². The molecule has 2 aromatic rings. The van der Waals surface area contributed by atoms with Crippen molar-refractivity contribution in [2.75, 3.05) is 26.3 Å². The third-order valence-electron chi connectivity index (χ3n) is 4.32. The van der Waals surface area contributed by atoms with Crippen LogP contribution in [0.4, 0.5) is 5.69 Å². The molecular weight excluding hydrogens is 352 g/mol. The molecule has 0 radical (unpaired) electrons. The zero-order chi connectivity index (χ0) is 18.8. The van der Waals surface area contributed by atoms with Crippen LogP contribution in [-0.4, -0.2) is 38.7 Å². The Morgan fingerprint density at radius 3 is 2.81 bits per heavy atom. The fraction of sp³-hybridized carbons (Fsp3) is 0.263. The average Bonchev–Trinajstić information content (AvgIpc) is 3.36. The predicted octanol–water partition coefficient (Wildman–Crippen LogP) is 2.56. The molecule has 140 valence electrons. The summed E-state index contributed by atoms with van der Waals surface area (Å²) in [7, 11) is 3.12. The zero-order valence-corrected chi connectivity index (χ0v) is 14.9. The zero-order valence-electron chi connectivity index (χ0n) is 14.9. The Bertz CT molecular complexity index is 911. The molecule has 0 saturated heterocycles. The van der Waals surface area contributed by atoms with Gasteiger partial charge in [0.15, 0.2) is 23.0 Å². The molecule has 1 N–H and O–H groups in total. The van der Waals surface area contributed by atoms with Crippen LogP contribution in [0.2, 0.25) is 0 Å². The van der Waals surface area contributed by atoms with E-state index in [2.05, 4.69) is 10.5 Å². The van der Waals surface area contributed by atoms with Crippen molar-refractivity contribution >= 4 is 17.3 Å². The normalized spacial score (nSPS) is 17.1. The standard InChI is InChI=1S/C19H18N2O6/c1-23-15-5-3-4-12(18(15)24-2)13-9-17(27-21-13)19(22)20-11-6-7-14-16(8-11)26-10-25-14/h3-8,17H,9-10H2,1-2H3,(H,20,22)/t17-/m0/s1. The molecule has 2 aromatic carbocycles. The number of nitrogens with one attached hydrogen (secondary N) is 1. The second kappa shape index (κ2) is 7.06. The molecule has 27 heavy (non-hydrogen) atoms. The number of para-hydroxylation sites is 1. The third kappa shape index (κ3) is 3.21. The molecule has 2 aliphatic heterocycles. The fourth-order valence-electron chi connectivity index (χ4n) is 2.99. The number of nitrogens with zero attached hydrogens (tertiary/aromatic N) is 1. The highest BCUT2D eigenvalue weighted by atomic mass is 16.7. The minimum absolute atomic E-state index is 0.179. The number of rotatable bonds is 5. The highest BCUT2D eigenvalue weighted by Gasteiger charge is 2.31. The van der Waals surface area contributed by atoms with E-state index in [1.807, 2.05) is 12.1 Å². The number of carbonyl (C=O) groups is 1. The first-order valence-corrected chi connectivity index (χ1v) is 8.34. The van der Waals surface area contributed by atoms with Gasteiger partial charge in [0, 0.05) is 23.7 Å². The van der Waals surface area contributed by atoms with Crippen LogP contribution < -0.4 is 24.3 Å². The topological polar surface area (TPSA) is 87.6 Å². The van der Waals surface area contributed by atoms with Crippen molar-refractivity contribution in [1.82, 2.24) is 0 Å². The van der Waals surface area contributed by atoms with E-state index in [1.165, 1.54) is 0 Å². The van der Waals surface area contributed by atoms with Gasteiger partial charge in [0.25, 0.3) is 5.91 Å². The molecule has 0 spiro atoms. The summed E-state index contributed by atoms with van der Waals surface area (Å²) >= 11 is 0. The SMILES string of the molecule is COc1cccc(C2=NO[C@H](C(=O)Nc3ccc4c(c3)OCO4)C2)c1OC. The molecule has 1 amide bonds. The molecule has 2 aliphatic rings. The highest BCUT2D eigenvalue weighted by Crippen LogP contribution is 2.35. The van der Waals surface area contributed by atoms with Crippen LogP contribution in [0.5, 0.6) is 23.0 Å². The fourth-order valence-corrected chi connectivity index (χ4v) is 2.99. The van der Waals surface area contributed by atoms with Gasteiger partial charge in [-0.3, -0.25) is 4.79 Å². The number of hydrogen-bond acceptors (Lipinski definition) is 7. The Hall–Kier alpha value is -3.42. The molecule has 0 unspecified atom stereocenters. The summed E-state index contributed by atoms with van der Waals surface area (Å²) in [6.45, 7) is 0.179. The Morgan fingerprint density at radius 1 is 1.15 bits per heavy atom. The lowest BCUT2D eigenvalue weighted by molar-refractivity contribution is -0.125. The van der Waals surface area contributed by atoms with E-state index in [1.54, 1.807) is 38.5 Å². The van der Waals surface area contributed by atoms with Crippen LogP contribution in [-0.2, 0) is 9.63 Å². The molecule has 0 aromatic heterocycles. The van der Waals surface area contributed by atoms with Gasteiger partial charge in [0.05, 0.1) is 19.9 Å². The van der Waals surface area contributed by atoms with Gasteiger partial charge < -0.3 is 29.1 Å². The van der Waals surface area contributed by atoms with E-state index >= 15 is 0 Å². The number of methoxy groups -OCH3 is 2. The first-order valence-electron chi connectivity index (χ1n) is 8.34. The summed E-state index contributed by atoms with van der Waals surface area (Å²) in [6.07, 6.45) is -0.416. The first kappa shape index (κ1) is 17.0. The van der Waals surface area contributed by atoms with Crippen molar-refractivity contribution in [2.24, 2.45) is 5.16 Å². The molecule has 2 heterocycles. The number of ether oxygens (including phenoxy) is 4. The highest BCUT2D eigenvalue weighted by molar-refractivity contribution is 6.08. The number of benzene rings is 2. The number of hydrogen-bond donors (Lipinski definition) is 1. The number of anilines is 1. The van der Waals surface area contributed by atoms with Crippen LogP contribution in [0.25, 0.3) is 0 Å². The van der Waals surface area contributed by atoms with E-state index in [9.17, 15) is 4.79 Å². The molecule has 0 saturated carbocycles. The Balaban J connectivity index is 1.45. The molecule has 4 rings (SSSR count). The van der Waals surface area contributed by atoms with Gasteiger partial charge in [-0.1, -0.05) is 11.2 Å². The molecule has 8 nitrogen and oxygen atoms in total. The third-order valence-corrected chi connectivity index (χ3v) is 4.32. The Labute approximate surface area is 155 Å². The summed E-state index contributed by atoms with van der Waals surface area (Å²) in [4.78, 5) is 17.9. The van der Waals surface area contributed by atoms with Crippen molar-refractivity contribution in [2.45, 2.75) is 12.5 Å². The van der Waals surface area contributed by atoms with Gasteiger partial charge >= 0.3 is 0 Å². The molecule has 8 heteroatoms. The van der Waals surface area contributed by atoms with Gasteiger partial charge in [-0.15, -0.1) is 0 Å². The monoisotopic (exact) mass is 370 g/mol. The van der Waals surface area contributed by atoms with E-state index in [0.29, 0.717) is 40.8 Å². The van der Waals surface area contributed by atoms with Gasteiger partial charge in [0.1, 0.15) is 0 Å². The van der Waals surface area contributed by atoms with E-state index in [0.717, 1.165) is 5.56 Å². The molecule has 0 bridgehead atoms. The molecular formula is C19H18N2O6. The second-order valence-corrected chi connectivity index (χ2v) is 5.93. The van der Waals surface area contributed by atoms with Gasteiger partial charge in [0.2, 0.25) is 12.9 Å². The molecule has 0 fully saturated rings. The quantitative estimate of drug-likeness (QED) is 0.870. The maximum Gasteiger partial charge on any atom is 0.268 e. The smallest absolute Gasteiger partial charge is 0.268 e. The van der Waals surface area contributed by atoms with Crippen LogP contribution in [0.3, 0.4) is 0 Å². The van der Waals surface area contributed by atoms with Gasteiger partial charge in [-0.25, -0.2) is 0 Å². The number of fused-ring (bicyclic) bond motifs is 1. The summed E-state index contributed by atoms with van der Waals surface area (Å²) in [5, 5.41) is 6.88. The van der Waals surface area contributed by atoms with Crippen LogP contribution in [0, 0.1) is 0 Å².